The lowest BCUT2D eigenvalue weighted by Crippen LogP contribution is -2.44. The summed E-state index contributed by atoms with van der Waals surface area (Å²) in [4.78, 5) is 13.9. The first kappa shape index (κ1) is 16.9. The molecule has 0 unspecified atom stereocenters. The third-order valence-electron chi connectivity index (χ3n) is 4.07. The van der Waals surface area contributed by atoms with Crippen LogP contribution in [0.15, 0.2) is 22.8 Å². The summed E-state index contributed by atoms with van der Waals surface area (Å²) in [6.45, 7) is 6.46. The van der Waals surface area contributed by atoms with Crippen LogP contribution in [0.25, 0.3) is 0 Å². The summed E-state index contributed by atoms with van der Waals surface area (Å²) in [5.74, 6) is 0.966. The van der Waals surface area contributed by atoms with Gasteiger partial charge in [-0.1, -0.05) is 0 Å². The third kappa shape index (κ3) is 5.05. The van der Waals surface area contributed by atoms with Gasteiger partial charge in [0.2, 0.25) is 0 Å². The highest BCUT2D eigenvalue weighted by molar-refractivity contribution is 5.68. The maximum absolute atomic E-state index is 12.1. The Balaban J connectivity index is 1.73. The van der Waals surface area contributed by atoms with Crippen molar-refractivity contribution in [3.63, 3.8) is 0 Å². The molecule has 22 heavy (non-hydrogen) atoms. The molecule has 0 spiro atoms. The van der Waals surface area contributed by atoms with Crippen molar-refractivity contribution in [2.24, 2.45) is 0 Å². The first-order chi connectivity index (χ1) is 10.3. The molecule has 0 aliphatic heterocycles. The normalized spacial score (nSPS) is 22.4. The Morgan fingerprint density at radius 1 is 1.36 bits per heavy atom. The fourth-order valence-electron chi connectivity index (χ4n) is 2.81. The highest BCUT2D eigenvalue weighted by atomic mass is 16.6. The lowest BCUT2D eigenvalue weighted by molar-refractivity contribution is 0.0179. The molecule has 1 amide bonds. The standard InChI is InChI=1S/C17H28N2O3/c1-17(2,3)22-16(20)19(4)14-9-7-13(8-10-14)18-12-15-6-5-11-21-15/h5-6,11,13-14,18H,7-10,12H2,1-4H3. The summed E-state index contributed by atoms with van der Waals surface area (Å²) in [5.41, 5.74) is -0.437. The predicted octanol–water partition coefficient (Wildman–Crippen LogP) is 3.55. The van der Waals surface area contributed by atoms with Crippen LogP contribution in [0, 0.1) is 0 Å². The maximum Gasteiger partial charge on any atom is 0.410 e. The van der Waals surface area contributed by atoms with Gasteiger partial charge in [-0.2, -0.15) is 0 Å². The zero-order valence-corrected chi connectivity index (χ0v) is 14.1. The number of carbonyl (C=O) groups is 1. The highest BCUT2D eigenvalue weighted by Crippen LogP contribution is 2.24. The van der Waals surface area contributed by atoms with E-state index in [0.717, 1.165) is 38.0 Å². The van der Waals surface area contributed by atoms with Crippen molar-refractivity contribution in [1.82, 2.24) is 10.2 Å². The minimum atomic E-state index is -0.437. The van der Waals surface area contributed by atoms with E-state index in [1.807, 2.05) is 40.0 Å². The molecule has 1 fully saturated rings. The Morgan fingerprint density at radius 3 is 2.59 bits per heavy atom. The van der Waals surface area contributed by atoms with E-state index in [0.29, 0.717) is 6.04 Å². The lowest BCUT2D eigenvalue weighted by atomic mass is 9.90. The molecule has 1 aromatic rings. The van der Waals surface area contributed by atoms with Crippen LogP contribution in [0.5, 0.6) is 0 Å². The van der Waals surface area contributed by atoms with Gasteiger partial charge in [-0.3, -0.25) is 0 Å². The molecule has 5 nitrogen and oxygen atoms in total. The zero-order chi connectivity index (χ0) is 16.2. The Hall–Kier alpha value is -1.49. The fourth-order valence-corrected chi connectivity index (χ4v) is 2.81. The lowest BCUT2D eigenvalue weighted by Gasteiger charge is -2.35. The summed E-state index contributed by atoms with van der Waals surface area (Å²) in [7, 11) is 1.84. The van der Waals surface area contributed by atoms with Crippen LogP contribution in [0.1, 0.15) is 52.2 Å². The molecule has 1 N–H and O–H groups in total. The highest BCUT2D eigenvalue weighted by Gasteiger charge is 2.29. The summed E-state index contributed by atoms with van der Waals surface area (Å²) in [6.07, 6.45) is 5.62. The summed E-state index contributed by atoms with van der Waals surface area (Å²) < 4.78 is 10.8. The van der Waals surface area contributed by atoms with Crippen molar-refractivity contribution >= 4 is 6.09 Å². The van der Waals surface area contributed by atoms with E-state index in [1.165, 1.54) is 0 Å². The number of rotatable bonds is 4. The molecule has 5 heteroatoms. The largest absolute Gasteiger partial charge is 0.468 e. The number of hydrogen-bond acceptors (Lipinski definition) is 4. The second kappa shape index (κ2) is 7.18. The van der Waals surface area contributed by atoms with Crippen molar-refractivity contribution in [3.05, 3.63) is 24.2 Å². The number of carbonyl (C=O) groups excluding carboxylic acids is 1. The second-order valence-electron chi connectivity index (χ2n) is 7.06. The van der Waals surface area contributed by atoms with Gasteiger partial charge in [0.05, 0.1) is 12.8 Å². The van der Waals surface area contributed by atoms with Gasteiger partial charge in [0.1, 0.15) is 11.4 Å². The molecule has 0 atom stereocenters. The SMILES string of the molecule is CN(C(=O)OC(C)(C)C)C1CCC(NCc2ccco2)CC1. The molecule has 124 valence electrons. The van der Waals surface area contributed by atoms with E-state index in [2.05, 4.69) is 5.32 Å². The number of hydrogen-bond donors (Lipinski definition) is 1. The minimum Gasteiger partial charge on any atom is -0.468 e. The van der Waals surface area contributed by atoms with Gasteiger partial charge < -0.3 is 19.4 Å². The van der Waals surface area contributed by atoms with Crippen LogP contribution in [0.4, 0.5) is 4.79 Å². The monoisotopic (exact) mass is 308 g/mol. The number of ether oxygens (including phenoxy) is 1. The van der Waals surface area contributed by atoms with Gasteiger partial charge in [-0.25, -0.2) is 4.79 Å². The third-order valence-corrected chi connectivity index (χ3v) is 4.07. The quantitative estimate of drug-likeness (QED) is 0.924. The van der Waals surface area contributed by atoms with Gasteiger partial charge in [-0.05, 0) is 58.6 Å². The molecule has 1 aliphatic rings. The number of furan rings is 1. The Morgan fingerprint density at radius 2 is 2.05 bits per heavy atom. The maximum atomic E-state index is 12.1. The van der Waals surface area contributed by atoms with Crippen LogP contribution in [0.2, 0.25) is 0 Å². The topological polar surface area (TPSA) is 54.7 Å². The van der Waals surface area contributed by atoms with Crippen molar-refractivity contribution in [2.75, 3.05) is 7.05 Å². The first-order valence-corrected chi connectivity index (χ1v) is 8.07. The van der Waals surface area contributed by atoms with Crippen LogP contribution in [-0.4, -0.2) is 35.7 Å². The van der Waals surface area contributed by atoms with Gasteiger partial charge in [0.25, 0.3) is 0 Å². The van der Waals surface area contributed by atoms with Crippen molar-refractivity contribution in [3.8, 4) is 0 Å². The van der Waals surface area contributed by atoms with E-state index in [4.69, 9.17) is 9.15 Å². The first-order valence-electron chi connectivity index (χ1n) is 8.07. The van der Waals surface area contributed by atoms with E-state index < -0.39 is 5.60 Å². The predicted molar refractivity (Wildman–Crippen MR) is 85.6 cm³/mol. The van der Waals surface area contributed by atoms with Gasteiger partial charge in [0, 0.05) is 19.1 Å². The van der Waals surface area contributed by atoms with E-state index in [1.54, 1.807) is 11.2 Å². The van der Waals surface area contributed by atoms with Crippen molar-refractivity contribution in [1.29, 1.82) is 0 Å². The van der Waals surface area contributed by atoms with Gasteiger partial charge in [-0.15, -0.1) is 0 Å². The fraction of sp³-hybridized carbons (Fsp3) is 0.706. The van der Waals surface area contributed by atoms with Crippen molar-refractivity contribution < 1.29 is 13.9 Å². The average Bonchev–Trinajstić information content (AvgIpc) is 2.96. The molecule has 1 aliphatic carbocycles. The Bertz CT molecular complexity index is 457. The molecule has 1 heterocycles. The average molecular weight is 308 g/mol. The number of amides is 1. The minimum absolute atomic E-state index is 0.223. The van der Waals surface area contributed by atoms with E-state index >= 15 is 0 Å². The zero-order valence-electron chi connectivity index (χ0n) is 14.1. The Kier molecular flexibility index (Phi) is 5.51. The smallest absolute Gasteiger partial charge is 0.410 e. The van der Waals surface area contributed by atoms with Crippen LogP contribution in [0.3, 0.4) is 0 Å². The van der Waals surface area contributed by atoms with Crippen LogP contribution >= 0.6 is 0 Å². The Labute approximate surface area is 133 Å². The van der Waals surface area contributed by atoms with Gasteiger partial charge in [0.15, 0.2) is 0 Å². The van der Waals surface area contributed by atoms with Gasteiger partial charge >= 0.3 is 6.09 Å². The molecule has 0 bridgehead atoms. The molecule has 1 saturated carbocycles. The molecule has 0 radical (unpaired) electrons. The van der Waals surface area contributed by atoms with Crippen LogP contribution < -0.4 is 5.32 Å². The van der Waals surface area contributed by atoms with E-state index in [9.17, 15) is 4.79 Å². The number of nitrogens with zero attached hydrogens (tertiary/aromatic N) is 1. The van der Waals surface area contributed by atoms with Crippen molar-refractivity contribution in [2.45, 2.75) is 70.7 Å². The van der Waals surface area contributed by atoms with Crippen LogP contribution in [-0.2, 0) is 11.3 Å². The number of nitrogens with one attached hydrogen (secondary N) is 1. The second-order valence-corrected chi connectivity index (χ2v) is 7.06. The van der Waals surface area contributed by atoms with E-state index in [-0.39, 0.29) is 12.1 Å². The molecular weight excluding hydrogens is 280 g/mol. The summed E-state index contributed by atoms with van der Waals surface area (Å²) >= 11 is 0. The molecular formula is C17H28N2O3. The molecule has 0 saturated heterocycles. The molecule has 0 aromatic carbocycles. The molecule has 1 aromatic heterocycles. The molecule has 2 rings (SSSR count). The summed E-state index contributed by atoms with van der Waals surface area (Å²) in [5, 5.41) is 3.52. The summed E-state index contributed by atoms with van der Waals surface area (Å²) in [6, 6.07) is 4.66.